The number of rotatable bonds is 29. The molecule has 8 heteroatoms. The number of hydrogen-bond donors (Lipinski definition) is 4. The van der Waals surface area contributed by atoms with Crippen molar-refractivity contribution in [3.63, 3.8) is 0 Å². The van der Waals surface area contributed by atoms with Gasteiger partial charge in [-0.3, -0.25) is 9.59 Å². The van der Waals surface area contributed by atoms with Crippen molar-refractivity contribution in [2.45, 2.75) is 181 Å². The molecule has 0 aliphatic carbocycles. The average Bonchev–Trinajstić information content (AvgIpc) is 3.49. The van der Waals surface area contributed by atoms with E-state index in [2.05, 4.69) is 45.4 Å². The summed E-state index contributed by atoms with van der Waals surface area (Å²) < 4.78 is 2.29. The minimum absolute atomic E-state index is 0.296. The van der Waals surface area contributed by atoms with Crippen molar-refractivity contribution < 1.29 is 19.8 Å². The van der Waals surface area contributed by atoms with E-state index in [4.69, 9.17) is 15.9 Å². The van der Waals surface area contributed by atoms with Crippen molar-refractivity contribution in [1.29, 1.82) is 0 Å². The van der Waals surface area contributed by atoms with Crippen molar-refractivity contribution in [1.82, 2.24) is 9.97 Å². The smallest absolute Gasteiger partial charge is 0.303 e. The normalized spacial score (nSPS) is 11.0. The van der Waals surface area contributed by atoms with E-state index in [1.807, 2.05) is 6.20 Å². The predicted octanol–water partition coefficient (Wildman–Crippen LogP) is 10.5. The van der Waals surface area contributed by atoms with Gasteiger partial charge in [0, 0.05) is 12.6 Å². The predicted molar refractivity (Wildman–Crippen MR) is 197 cm³/mol. The molecule has 0 bridgehead atoms. The molecule has 0 atom stereocenters. The summed E-state index contributed by atoms with van der Waals surface area (Å²) in [6, 6.07) is 0. The van der Waals surface area contributed by atoms with E-state index in [1.54, 1.807) is 0 Å². The van der Waals surface area contributed by atoms with Gasteiger partial charge < -0.3 is 20.9 Å². The topological polar surface area (TPSA) is 129 Å². The third-order valence-corrected chi connectivity index (χ3v) is 8.29. The van der Waals surface area contributed by atoms with Crippen LogP contribution < -0.4 is 5.73 Å². The number of hydrogen-bond acceptors (Lipinski definition) is 4. The van der Waals surface area contributed by atoms with Gasteiger partial charge in [-0.15, -0.1) is 0 Å². The Morgan fingerprint density at radius 3 is 1.46 bits per heavy atom. The zero-order valence-corrected chi connectivity index (χ0v) is 32.2. The number of nitrogens with zero attached hydrogens (tertiary/aromatic N) is 1. The summed E-state index contributed by atoms with van der Waals surface area (Å²) in [4.78, 5) is 26.9. The largest absolute Gasteiger partial charge is 0.481 e. The number of aromatic amines is 1. The van der Waals surface area contributed by atoms with Gasteiger partial charge in [-0.2, -0.15) is 0 Å². The zero-order valence-electron chi connectivity index (χ0n) is 30.2. The van der Waals surface area contributed by atoms with E-state index >= 15 is 0 Å². The average molecular weight is 656 g/mol. The zero-order chi connectivity index (χ0) is 34.4. The van der Waals surface area contributed by atoms with E-state index in [-0.39, 0.29) is 12.8 Å². The van der Waals surface area contributed by atoms with Gasteiger partial charge in [0.2, 0.25) is 0 Å². The number of carbonyl (C=O) groups is 2. The van der Waals surface area contributed by atoms with Crippen LogP contribution in [0.15, 0.2) is 21.7 Å². The molecule has 1 heterocycles. The van der Waals surface area contributed by atoms with Crippen LogP contribution in [0.25, 0.3) is 6.08 Å². The first kappa shape index (κ1) is 46.7. The number of unbranched alkanes of at least 4 members (excludes halogenated alkanes) is 21. The van der Waals surface area contributed by atoms with Gasteiger partial charge in [0.25, 0.3) is 0 Å². The Labute approximate surface area is 300 Å². The van der Waals surface area contributed by atoms with Crippen LogP contribution in [0.4, 0.5) is 0 Å². The van der Waals surface area contributed by atoms with Crippen LogP contribution in [0.2, 0.25) is 0 Å². The van der Waals surface area contributed by atoms with Crippen molar-refractivity contribution in [2.24, 2.45) is 5.73 Å². The second-order valence-corrected chi connectivity index (χ2v) is 13.0. The molecule has 0 aromatic carbocycles. The number of allylic oxidation sites excluding steroid dienone is 2. The van der Waals surface area contributed by atoms with Crippen LogP contribution in [0.1, 0.15) is 186 Å². The van der Waals surface area contributed by atoms with Gasteiger partial charge in [0.05, 0.1) is 18.5 Å². The number of carboxylic acids is 2. The summed E-state index contributed by atoms with van der Waals surface area (Å²) in [5.41, 5.74) is 6.59. The number of aliphatic carboxylic acids is 2. The van der Waals surface area contributed by atoms with E-state index in [9.17, 15) is 9.59 Å². The summed E-state index contributed by atoms with van der Waals surface area (Å²) in [7, 11) is 0. The second-order valence-electron chi connectivity index (χ2n) is 12.4. The van der Waals surface area contributed by atoms with Gasteiger partial charge in [-0.05, 0) is 25.5 Å². The van der Waals surface area contributed by atoms with Crippen molar-refractivity contribution >= 4 is 45.9 Å². The van der Waals surface area contributed by atoms with Crippen molar-refractivity contribution in [3.8, 4) is 0 Å². The van der Waals surface area contributed by atoms with Crippen molar-refractivity contribution in [3.05, 3.63) is 33.2 Å². The molecular weight excluding hydrogens is 585 g/mol. The van der Waals surface area contributed by atoms with Crippen LogP contribution in [-0.4, -0.2) is 66.6 Å². The fourth-order valence-electron chi connectivity index (χ4n) is 4.99. The third kappa shape index (κ3) is 40.6. The molecule has 0 saturated heterocycles. The summed E-state index contributed by atoms with van der Waals surface area (Å²) >= 11 is 1.23. The number of nitrogens with one attached hydrogen (secondary N) is 1. The Hall–Kier alpha value is -1.41. The number of carboxylic acid groups (broad SMARTS) is 2. The van der Waals surface area contributed by atoms with Crippen LogP contribution in [0.5, 0.6) is 0 Å². The molecule has 0 aliphatic heterocycles. The van der Waals surface area contributed by atoms with Crippen LogP contribution in [-0.2, 0) is 16.0 Å². The molecule has 0 saturated carbocycles. The second kappa shape index (κ2) is 39.8. The number of H-pyrrole nitrogens is 1. The standard InChI is InChI=1S/C22H41N3.C12H23.C4H6O4.Na/c1-2-3-4-5-6-7-8-9-10-11-12-13-14-15-16-17-22-24-20-21(25-22)18-19-23;1-3-5-7-9-11-12-10-8-6-4-2;5-3(6)1-2-4(7)8;/h16-17,20H,2-15,18-19,23H2,1H3,(H,24,25);1,3H,4-12H2,2H3;1-2H2,(H,5,6)(H,7,8);. The Morgan fingerprint density at radius 2 is 1.09 bits per heavy atom. The van der Waals surface area contributed by atoms with E-state index in [0.717, 1.165) is 24.4 Å². The van der Waals surface area contributed by atoms with Crippen LogP contribution >= 0.6 is 0 Å². The Balaban J connectivity index is 0. The van der Waals surface area contributed by atoms with E-state index in [0.29, 0.717) is 6.54 Å². The fourth-order valence-corrected chi connectivity index (χ4v) is 5.32. The van der Waals surface area contributed by atoms with Gasteiger partial charge >= 0.3 is 114 Å². The molecule has 0 spiro atoms. The molecule has 0 aliphatic rings. The summed E-state index contributed by atoms with van der Waals surface area (Å²) in [5, 5.41) is 15.8. The molecule has 1 aromatic rings. The van der Waals surface area contributed by atoms with Gasteiger partial charge in [0.1, 0.15) is 5.82 Å². The first-order valence-electron chi connectivity index (χ1n) is 18.9. The monoisotopic (exact) mass is 656 g/mol. The number of aromatic nitrogens is 2. The molecule has 0 amide bonds. The first-order chi connectivity index (χ1) is 22.4. The molecule has 262 valence electrons. The molecule has 46 heavy (non-hydrogen) atoms. The molecule has 0 unspecified atom stereocenters. The Morgan fingerprint density at radius 1 is 0.696 bits per heavy atom. The first-order valence-corrected chi connectivity index (χ1v) is 20.0. The fraction of sp³-hybridized carbons (Fsp3) is 0.763. The number of imidazole rings is 1. The quantitative estimate of drug-likeness (QED) is 0.0502. The van der Waals surface area contributed by atoms with Gasteiger partial charge in [0.15, 0.2) is 0 Å². The molecule has 7 nitrogen and oxygen atoms in total. The molecule has 0 radical (unpaired) electrons. The maximum atomic E-state index is 9.64. The van der Waals surface area contributed by atoms with Crippen LogP contribution in [0, 0.1) is 0 Å². The number of nitrogens with two attached hydrogens (primary N) is 1. The maximum Gasteiger partial charge on any atom is 0.303 e. The molecule has 5 N–H and O–H groups in total. The van der Waals surface area contributed by atoms with Crippen molar-refractivity contribution in [2.75, 3.05) is 6.54 Å². The molecule has 1 aromatic heterocycles. The van der Waals surface area contributed by atoms with Gasteiger partial charge in [-0.25, -0.2) is 4.98 Å². The minimum atomic E-state index is -1.08. The minimum Gasteiger partial charge on any atom is -0.481 e. The van der Waals surface area contributed by atoms with E-state index < -0.39 is 11.9 Å². The summed E-state index contributed by atoms with van der Waals surface area (Å²) in [6.07, 6.45) is 41.2. The molecule has 1 rings (SSSR count). The third-order valence-electron chi connectivity index (χ3n) is 7.81. The Bertz CT molecular complexity index is 828. The summed E-state index contributed by atoms with van der Waals surface area (Å²) in [6.45, 7) is 5.22. The molecule has 0 fully saturated rings. The SMILES string of the molecule is CCCCCCCCCCC=[CH][Na].CCCCCCCCCCCCCCCC=Cc1nc(CCN)c[nH]1.O=C(O)CCC(=O)O. The van der Waals surface area contributed by atoms with Gasteiger partial charge in [-0.1, -0.05) is 90.0 Å². The Kier molecular flexibility index (Phi) is 40.4. The molecular formula is C38H70N3NaO4. The summed E-state index contributed by atoms with van der Waals surface area (Å²) in [5.74, 6) is -1.20. The maximum absolute atomic E-state index is 9.64. The van der Waals surface area contributed by atoms with E-state index in [1.165, 1.54) is 169 Å². The van der Waals surface area contributed by atoms with Crippen LogP contribution in [0.3, 0.4) is 0 Å².